The van der Waals surface area contributed by atoms with Crippen LogP contribution in [0.1, 0.15) is 26.3 Å². The summed E-state index contributed by atoms with van der Waals surface area (Å²) in [5.74, 6) is -0.111. The maximum atomic E-state index is 12.3. The summed E-state index contributed by atoms with van der Waals surface area (Å²) in [6, 6.07) is 23.1. The van der Waals surface area contributed by atoms with E-state index in [0.29, 0.717) is 21.3 Å². The van der Waals surface area contributed by atoms with Gasteiger partial charge in [-0.25, -0.2) is 4.79 Å². The Morgan fingerprint density at radius 3 is 2.35 bits per heavy atom. The Morgan fingerprint density at radius 2 is 1.58 bits per heavy atom. The van der Waals surface area contributed by atoms with Crippen molar-refractivity contribution in [1.29, 1.82) is 0 Å². The summed E-state index contributed by atoms with van der Waals surface area (Å²) < 4.78 is 6.10. The zero-order valence-corrected chi connectivity index (χ0v) is 15.3. The van der Waals surface area contributed by atoms with Crippen LogP contribution in [0.25, 0.3) is 6.08 Å². The average molecular weight is 407 g/mol. The Labute approximate surface area is 160 Å². The normalized spacial score (nSPS) is 10.7. The van der Waals surface area contributed by atoms with Gasteiger partial charge in [-0.15, -0.1) is 0 Å². The molecule has 0 saturated heterocycles. The number of hydrogen-bond donors (Lipinski definition) is 0. The summed E-state index contributed by atoms with van der Waals surface area (Å²) in [6.45, 7) is 0. The van der Waals surface area contributed by atoms with Gasteiger partial charge in [0.2, 0.25) is 0 Å². The molecule has 0 heterocycles. The number of hydrogen-bond acceptors (Lipinski definition) is 3. The SMILES string of the molecule is O=C(C=Cc1cccc(OC(=O)c2ccccc2Br)c1)c1ccccc1. The molecule has 0 saturated carbocycles. The van der Waals surface area contributed by atoms with Gasteiger partial charge in [-0.05, 0) is 51.8 Å². The number of rotatable bonds is 5. The standard InChI is InChI=1S/C22H15BrO3/c23-20-12-5-4-11-19(20)22(25)26-18-10-6-7-16(15-18)13-14-21(24)17-8-2-1-3-9-17/h1-15H. The highest BCUT2D eigenvalue weighted by atomic mass is 79.9. The highest BCUT2D eigenvalue weighted by Crippen LogP contribution is 2.20. The van der Waals surface area contributed by atoms with Crippen molar-refractivity contribution in [2.45, 2.75) is 0 Å². The van der Waals surface area contributed by atoms with Crippen LogP contribution in [0.15, 0.2) is 89.4 Å². The Kier molecular flexibility index (Phi) is 5.77. The fraction of sp³-hybridized carbons (Fsp3) is 0. The first kappa shape index (κ1) is 17.8. The lowest BCUT2D eigenvalue weighted by Gasteiger charge is -2.06. The third-order valence-corrected chi connectivity index (χ3v) is 4.34. The van der Waals surface area contributed by atoms with Crippen molar-refractivity contribution < 1.29 is 14.3 Å². The number of allylic oxidation sites excluding steroid dienone is 1. The Hall–Kier alpha value is -2.98. The van der Waals surface area contributed by atoms with Crippen LogP contribution in [0, 0.1) is 0 Å². The van der Waals surface area contributed by atoms with Crippen LogP contribution < -0.4 is 4.74 Å². The highest BCUT2D eigenvalue weighted by Gasteiger charge is 2.11. The lowest BCUT2D eigenvalue weighted by atomic mass is 10.1. The smallest absolute Gasteiger partial charge is 0.344 e. The van der Waals surface area contributed by atoms with Gasteiger partial charge in [0.05, 0.1) is 5.56 Å². The van der Waals surface area contributed by atoms with Gasteiger partial charge in [0.15, 0.2) is 5.78 Å². The summed E-state index contributed by atoms with van der Waals surface area (Å²) in [4.78, 5) is 24.4. The third-order valence-electron chi connectivity index (χ3n) is 3.65. The monoisotopic (exact) mass is 406 g/mol. The molecule has 0 spiro atoms. The van der Waals surface area contributed by atoms with Crippen molar-refractivity contribution in [1.82, 2.24) is 0 Å². The quantitative estimate of drug-likeness (QED) is 0.241. The molecule has 0 fully saturated rings. The second kappa shape index (κ2) is 8.41. The van der Waals surface area contributed by atoms with E-state index in [2.05, 4.69) is 15.9 Å². The number of benzene rings is 3. The molecule has 0 aliphatic carbocycles. The van der Waals surface area contributed by atoms with E-state index in [0.717, 1.165) is 5.56 Å². The summed E-state index contributed by atoms with van der Waals surface area (Å²) in [5, 5.41) is 0. The molecule has 0 aliphatic rings. The Morgan fingerprint density at radius 1 is 0.846 bits per heavy atom. The van der Waals surface area contributed by atoms with Crippen molar-refractivity contribution in [2.75, 3.05) is 0 Å². The van der Waals surface area contributed by atoms with Crippen LogP contribution >= 0.6 is 15.9 Å². The highest BCUT2D eigenvalue weighted by molar-refractivity contribution is 9.10. The molecule has 0 amide bonds. The predicted molar refractivity (Wildman–Crippen MR) is 105 cm³/mol. The Balaban J connectivity index is 1.72. The van der Waals surface area contributed by atoms with E-state index in [4.69, 9.17) is 4.74 Å². The van der Waals surface area contributed by atoms with Gasteiger partial charge < -0.3 is 4.74 Å². The summed E-state index contributed by atoms with van der Waals surface area (Å²) >= 11 is 3.34. The third kappa shape index (κ3) is 4.55. The predicted octanol–water partition coefficient (Wildman–Crippen LogP) is 5.56. The number of ketones is 1. The number of halogens is 1. The maximum absolute atomic E-state index is 12.3. The maximum Gasteiger partial charge on any atom is 0.344 e. The second-order valence-electron chi connectivity index (χ2n) is 5.51. The van der Waals surface area contributed by atoms with E-state index in [9.17, 15) is 9.59 Å². The molecule has 0 unspecified atom stereocenters. The number of esters is 1. The first-order chi connectivity index (χ1) is 12.6. The minimum Gasteiger partial charge on any atom is -0.423 e. The lowest BCUT2D eigenvalue weighted by molar-refractivity contribution is 0.0733. The van der Waals surface area contributed by atoms with E-state index in [1.807, 2.05) is 30.3 Å². The zero-order valence-electron chi connectivity index (χ0n) is 13.8. The molecule has 3 aromatic rings. The van der Waals surface area contributed by atoms with Gasteiger partial charge in [0.25, 0.3) is 0 Å². The molecule has 128 valence electrons. The molecule has 0 aromatic heterocycles. The second-order valence-corrected chi connectivity index (χ2v) is 6.36. The molecule has 0 bridgehead atoms. The van der Waals surface area contributed by atoms with E-state index in [1.165, 1.54) is 6.08 Å². The fourth-order valence-corrected chi connectivity index (χ4v) is 2.79. The van der Waals surface area contributed by atoms with E-state index < -0.39 is 5.97 Å². The van der Waals surface area contributed by atoms with Gasteiger partial charge >= 0.3 is 5.97 Å². The fourth-order valence-electron chi connectivity index (χ4n) is 2.34. The van der Waals surface area contributed by atoms with Crippen LogP contribution in [0.2, 0.25) is 0 Å². The molecular weight excluding hydrogens is 392 g/mol. The zero-order chi connectivity index (χ0) is 18.4. The Bertz CT molecular complexity index is 962. The molecule has 0 N–H and O–H groups in total. The van der Waals surface area contributed by atoms with Crippen molar-refractivity contribution >= 4 is 33.8 Å². The minimum absolute atomic E-state index is 0.0822. The molecule has 3 rings (SSSR count). The van der Waals surface area contributed by atoms with Crippen LogP contribution in [0.3, 0.4) is 0 Å². The van der Waals surface area contributed by atoms with Crippen molar-refractivity contribution in [3.63, 3.8) is 0 Å². The molecule has 0 radical (unpaired) electrons. The first-order valence-corrected chi connectivity index (χ1v) is 8.77. The molecule has 26 heavy (non-hydrogen) atoms. The summed E-state index contributed by atoms with van der Waals surface area (Å²) in [7, 11) is 0. The van der Waals surface area contributed by atoms with Crippen molar-refractivity contribution in [3.8, 4) is 5.75 Å². The topological polar surface area (TPSA) is 43.4 Å². The van der Waals surface area contributed by atoms with Gasteiger partial charge in [0.1, 0.15) is 5.75 Å². The number of carbonyl (C=O) groups is 2. The average Bonchev–Trinajstić information content (AvgIpc) is 2.67. The molecule has 0 aliphatic heterocycles. The molecule has 3 aromatic carbocycles. The largest absolute Gasteiger partial charge is 0.423 e. The van der Waals surface area contributed by atoms with Crippen molar-refractivity contribution in [2.24, 2.45) is 0 Å². The van der Waals surface area contributed by atoms with Gasteiger partial charge in [0, 0.05) is 10.0 Å². The lowest BCUT2D eigenvalue weighted by Crippen LogP contribution is -2.09. The van der Waals surface area contributed by atoms with Gasteiger partial charge in [-0.3, -0.25) is 4.79 Å². The van der Waals surface area contributed by atoms with Crippen LogP contribution in [0.5, 0.6) is 5.75 Å². The van der Waals surface area contributed by atoms with Crippen LogP contribution in [-0.2, 0) is 0 Å². The number of carbonyl (C=O) groups excluding carboxylic acids is 2. The minimum atomic E-state index is -0.445. The van der Waals surface area contributed by atoms with Crippen LogP contribution in [0.4, 0.5) is 0 Å². The summed E-state index contributed by atoms with van der Waals surface area (Å²) in [5.41, 5.74) is 1.85. The first-order valence-electron chi connectivity index (χ1n) is 7.98. The molecule has 4 heteroatoms. The molecule has 3 nitrogen and oxygen atoms in total. The van der Waals surface area contributed by atoms with E-state index in [-0.39, 0.29) is 5.78 Å². The summed E-state index contributed by atoms with van der Waals surface area (Å²) in [6.07, 6.45) is 3.20. The molecular formula is C22H15BrO3. The van der Waals surface area contributed by atoms with E-state index >= 15 is 0 Å². The molecule has 0 atom stereocenters. The van der Waals surface area contributed by atoms with Crippen molar-refractivity contribution in [3.05, 3.63) is 106 Å². The van der Waals surface area contributed by atoms with Gasteiger partial charge in [-0.1, -0.05) is 60.7 Å². The van der Waals surface area contributed by atoms with Crippen LogP contribution in [-0.4, -0.2) is 11.8 Å². The van der Waals surface area contributed by atoms with E-state index in [1.54, 1.807) is 54.6 Å². The number of ether oxygens (including phenoxy) is 1. The van der Waals surface area contributed by atoms with Gasteiger partial charge in [-0.2, -0.15) is 0 Å².